The molecule has 3 nitrogen and oxygen atoms in total. The second-order valence-corrected chi connectivity index (χ2v) is 4.55. The lowest BCUT2D eigenvalue weighted by atomic mass is 9.81. The molecular weight excluding hydrogens is 216 g/mol. The van der Waals surface area contributed by atoms with Gasteiger partial charge in [0.15, 0.2) is 5.78 Å². The summed E-state index contributed by atoms with van der Waals surface area (Å²) in [4.78, 5) is 12.2. The summed E-state index contributed by atoms with van der Waals surface area (Å²) in [5, 5.41) is 9.86. The Hall–Kier alpha value is -1.35. The van der Waals surface area contributed by atoms with Crippen molar-refractivity contribution in [2.24, 2.45) is 5.92 Å². The van der Waals surface area contributed by atoms with E-state index in [1.165, 1.54) is 0 Å². The van der Waals surface area contributed by atoms with Crippen LogP contribution in [0.15, 0.2) is 24.3 Å². The molecule has 1 aliphatic rings. The Kier molecular flexibility index (Phi) is 3.79. The summed E-state index contributed by atoms with van der Waals surface area (Å²) in [6.45, 7) is 0. The molecule has 0 spiro atoms. The van der Waals surface area contributed by atoms with Crippen molar-refractivity contribution in [3.05, 3.63) is 29.8 Å². The molecule has 1 N–H and O–H groups in total. The number of carbonyl (C=O) groups is 1. The quantitative estimate of drug-likeness (QED) is 0.817. The smallest absolute Gasteiger partial charge is 0.168 e. The molecule has 1 fully saturated rings. The molecule has 0 heterocycles. The number of hydrogen-bond acceptors (Lipinski definition) is 3. The van der Waals surface area contributed by atoms with Crippen LogP contribution in [-0.2, 0) is 0 Å². The number of benzene rings is 1. The van der Waals surface area contributed by atoms with Crippen LogP contribution >= 0.6 is 0 Å². The summed E-state index contributed by atoms with van der Waals surface area (Å²) in [6, 6.07) is 7.09. The van der Waals surface area contributed by atoms with E-state index in [4.69, 9.17) is 4.74 Å². The fourth-order valence-corrected chi connectivity index (χ4v) is 2.39. The molecule has 1 aromatic rings. The number of rotatable bonds is 3. The van der Waals surface area contributed by atoms with Crippen LogP contribution in [-0.4, -0.2) is 24.1 Å². The van der Waals surface area contributed by atoms with Gasteiger partial charge in [-0.3, -0.25) is 4.79 Å². The summed E-state index contributed by atoms with van der Waals surface area (Å²) in [5.74, 6) is 0.572. The Bertz CT molecular complexity index is 383. The Morgan fingerprint density at radius 2 is 1.88 bits per heavy atom. The first-order valence-corrected chi connectivity index (χ1v) is 6.08. The van der Waals surface area contributed by atoms with Gasteiger partial charge in [-0.15, -0.1) is 0 Å². The molecule has 0 aromatic heterocycles. The van der Waals surface area contributed by atoms with Crippen LogP contribution in [0.2, 0.25) is 0 Å². The second kappa shape index (κ2) is 5.32. The minimum Gasteiger partial charge on any atom is -0.497 e. The third-order valence-corrected chi connectivity index (χ3v) is 3.44. The normalized spacial score (nSPS) is 24.4. The molecule has 0 radical (unpaired) electrons. The molecule has 0 amide bonds. The highest BCUT2D eigenvalue weighted by molar-refractivity contribution is 5.98. The van der Waals surface area contributed by atoms with E-state index in [-0.39, 0.29) is 11.7 Å². The van der Waals surface area contributed by atoms with E-state index in [0.29, 0.717) is 5.56 Å². The molecule has 0 unspecified atom stereocenters. The number of aliphatic hydroxyl groups excluding tert-OH is 1. The number of ether oxygens (including phenoxy) is 1. The topological polar surface area (TPSA) is 46.5 Å². The minimum absolute atomic E-state index is 0.0554. The molecule has 0 bridgehead atoms. The number of hydrogen-bond donors (Lipinski definition) is 1. The maximum Gasteiger partial charge on any atom is 0.168 e. The molecule has 1 aliphatic carbocycles. The Morgan fingerprint density at radius 1 is 1.24 bits per heavy atom. The second-order valence-electron chi connectivity index (χ2n) is 4.55. The Balaban J connectivity index is 2.12. The maximum absolute atomic E-state index is 12.2. The van der Waals surface area contributed by atoms with Crippen LogP contribution in [0.4, 0.5) is 0 Å². The van der Waals surface area contributed by atoms with Crippen LogP contribution in [0.25, 0.3) is 0 Å². The van der Waals surface area contributed by atoms with E-state index in [0.717, 1.165) is 31.4 Å². The molecule has 0 aliphatic heterocycles. The largest absolute Gasteiger partial charge is 0.497 e. The molecule has 2 atom stereocenters. The molecular formula is C14H18O3. The van der Waals surface area contributed by atoms with E-state index in [1.807, 2.05) is 0 Å². The van der Waals surface area contributed by atoms with Gasteiger partial charge in [-0.05, 0) is 37.1 Å². The first-order chi connectivity index (χ1) is 8.22. The predicted molar refractivity (Wildman–Crippen MR) is 65.3 cm³/mol. The lowest BCUT2D eigenvalue weighted by molar-refractivity contribution is 0.0525. The Morgan fingerprint density at radius 3 is 2.47 bits per heavy atom. The number of methoxy groups -OCH3 is 1. The molecule has 17 heavy (non-hydrogen) atoms. The third-order valence-electron chi connectivity index (χ3n) is 3.44. The monoisotopic (exact) mass is 234 g/mol. The maximum atomic E-state index is 12.2. The summed E-state index contributed by atoms with van der Waals surface area (Å²) in [7, 11) is 1.60. The van der Waals surface area contributed by atoms with Crippen LogP contribution in [0.5, 0.6) is 5.75 Å². The van der Waals surface area contributed by atoms with Crippen molar-refractivity contribution < 1.29 is 14.6 Å². The fraction of sp³-hybridized carbons (Fsp3) is 0.500. The van der Waals surface area contributed by atoms with Gasteiger partial charge in [-0.2, -0.15) is 0 Å². The standard InChI is InChI=1S/C14H18O3/c1-17-11-8-6-10(7-9-11)14(16)12-4-2-3-5-13(12)15/h6-9,12-13,15H,2-5H2,1H3/t12-,13-/m0/s1. The third kappa shape index (κ3) is 2.67. The zero-order chi connectivity index (χ0) is 12.3. The van der Waals surface area contributed by atoms with Crippen molar-refractivity contribution in [2.45, 2.75) is 31.8 Å². The highest BCUT2D eigenvalue weighted by Crippen LogP contribution is 2.27. The van der Waals surface area contributed by atoms with Gasteiger partial charge in [0, 0.05) is 11.5 Å². The molecule has 0 saturated heterocycles. The minimum atomic E-state index is -0.474. The van der Waals surface area contributed by atoms with Gasteiger partial charge in [-0.1, -0.05) is 12.8 Å². The van der Waals surface area contributed by atoms with Crippen LogP contribution in [0.1, 0.15) is 36.0 Å². The van der Waals surface area contributed by atoms with Gasteiger partial charge >= 0.3 is 0 Å². The first kappa shape index (κ1) is 12.1. The van der Waals surface area contributed by atoms with Gasteiger partial charge in [-0.25, -0.2) is 0 Å². The molecule has 3 heteroatoms. The van der Waals surface area contributed by atoms with Crippen LogP contribution in [0.3, 0.4) is 0 Å². The average molecular weight is 234 g/mol. The summed E-state index contributed by atoms with van der Waals surface area (Å²) in [5.41, 5.74) is 0.664. The highest BCUT2D eigenvalue weighted by Gasteiger charge is 2.29. The summed E-state index contributed by atoms with van der Waals surface area (Å²) < 4.78 is 5.05. The molecule has 1 saturated carbocycles. The lowest BCUT2D eigenvalue weighted by Gasteiger charge is -2.26. The average Bonchev–Trinajstić information content (AvgIpc) is 2.39. The molecule has 1 aromatic carbocycles. The molecule has 92 valence electrons. The van der Waals surface area contributed by atoms with Crippen molar-refractivity contribution in [3.8, 4) is 5.75 Å². The van der Waals surface area contributed by atoms with Crippen molar-refractivity contribution in [3.63, 3.8) is 0 Å². The van der Waals surface area contributed by atoms with Gasteiger partial charge in [0.25, 0.3) is 0 Å². The SMILES string of the molecule is COc1ccc(C(=O)[C@H]2CCCC[C@@H]2O)cc1. The van der Waals surface area contributed by atoms with Gasteiger partial charge in [0.1, 0.15) is 5.75 Å². The van der Waals surface area contributed by atoms with Crippen molar-refractivity contribution in [1.29, 1.82) is 0 Å². The van der Waals surface area contributed by atoms with Crippen molar-refractivity contribution in [1.82, 2.24) is 0 Å². The van der Waals surface area contributed by atoms with Crippen LogP contribution in [0, 0.1) is 5.92 Å². The number of ketones is 1. The summed E-state index contributed by atoms with van der Waals surface area (Å²) >= 11 is 0. The fourth-order valence-electron chi connectivity index (χ4n) is 2.39. The number of carbonyl (C=O) groups excluding carboxylic acids is 1. The molecule has 2 rings (SSSR count). The van der Waals surface area contributed by atoms with E-state index in [9.17, 15) is 9.90 Å². The number of Topliss-reactive ketones (excluding diaryl/α,β-unsaturated/α-hetero) is 1. The van der Waals surface area contributed by atoms with Crippen LogP contribution < -0.4 is 4.74 Å². The lowest BCUT2D eigenvalue weighted by Crippen LogP contribution is -2.31. The van der Waals surface area contributed by atoms with Gasteiger partial charge < -0.3 is 9.84 Å². The van der Waals surface area contributed by atoms with Crippen molar-refractivity contribution in [2.75, 3.05) is 7.11 Å². The number of aliphatic hydroxyl groups is 1. The zero-order valence-corrected chi connectivity index (χ0v) is 10.1. The highest BCUT2D eigenvalue weighted by atomic mass is 16.5. The van der Waals surface area contributed by atoms with E-state index in [1.54, 1.807) is 31.4 Å². The Labute approximate surface area is 101 Å². The van der Waals surface area contributed by atoms with Gasteiger partial charge in [0.2, 0.25) is 0 Å². The van der Waals surface area contributed by atoms with E-state index in [2.05, 4.69) is 0 Å². The van der Waals surface area contributed by atoms with E-state index >= 15 is 0 Å². The zero-order valence-electron chi connectivity index (χ0n) is 10.1. The summed E-state index contributed by atoms with van der Waals surface area (Å²) in [6.07, 6.45) is 3.12. The van der Waals surface area contributed by atoms with Gasteiger partial charge in [0.05, 0.1) is 13.2 Å². The predicted octanol–water partition coefficient (Wildman–Crippen LogP) is 2.43. The first-order valence-electron chi connectivity index (χ1n) is 6.08. The van der Waals surface area contributed by atoms with E-state index < -0.39 is 6.10 Å². The van der Waals surface area contributed by atoms with Crippen molar-refractivity contribution >= 4 is 5.78 Å².